The molecular weight excluding hydrogens is 246 g/mol. The van der Waals surface area contributed by atoms with Crippen LogP contribution in [0.3, 0.4) is 0 Å². The van der Waals surface area contributed by atoms with Gasteiger partial charge in [0.25, 0.3) is 5.91 Å². The number of rotatable bonds is 7. The molecular formula is C12H21N5O2. The highest BCUT2D eigenvalue weighted by Gasteiger charge is 2.21. The summed E-state index contributed by atoms with van der Waals surface area (Å²) in [6.45, 7) is 6.99. The van der Waals surface area contributed by atoms with Gasteiger partial charge < -0.3 is 15.4 Å². The van der Waals surface area contributed by atoms with E-state index < -0.39 is 0 Å². The summed E-state index contributed by atoms with van der Waals surface area (Å²) in [6, 6.07) is 0.327. The van der Waals surface area contributed by atoms with Gasteiger partial charge in [0.2, 0.25) is 0 Å². The molecule has 1 amide bonds. The van der Waals surface area contributed by atoms with Crippen LogP contribution in [-0.2, 0) is 4.74 Å². The first-order chi connectivity index (χ1) is 9.16. The molecule has 1 aromatic rings. The third-order valence-electron chi connectivity index (χ3n) is 2.93. The van der Waals surface area contributed by atoms with E-state index in [-0.39, 0.29) is 12.0 Å². The summed E-state index contributed by atoms with van der Waals surface area (Å²) in [7, 11) is 0. The standard InChI is InChI=1S/C12H21N5O2/c1-9(2)19-5-3-4-14-12(18)11-8-17(16-15-11)10-6-13-7-10/h8-10,13H,3-7H2,1-2H3,(H,14,18). The number of ether oxygens (including phenoxy) is 1. The van der Waals surface area contributed by atoms with Crippen molar-refractivity contribution in [2.45, 2.75) is 32.4 Å². The molecule has 7 heteroatoms. The Bertz CT molecular complexity index is 414. The van der Waals surface area contributed by atoms with Crippen molar-refractivity contribution in [2.24, 2.45) is 0 Å². The number of hydrogen-bond acceptors (Lipinski definition) is 5. The Balaban J connectivity index is 1.69. The Morgan fingerprint density at radius 1 is 1.63 bits per heavy atom. The fraction of sp³-hybridized carbons (Fsp3) is 0.750. The fourth-order valence-electron chi connectivity index (χ4n) is 1.70. The monoisotopic (exact) mass is 267 g/mol. The molecule has 2 N–H and O–H groups in total. The van der Waals surface area contributed by atoms with E-state index in [2.05, 4.69) is 20.9 Å². The molecule has 0 spiro atoms. The van der Waals surface area contributed by atoms with Crippen LogP contribution in [0.5, 0.6) is 0 Å². The van der Waals surface area contributed by atoms with E-state index in [1.807, 2.05) is 13.8 Å². The number of nitrogens with one attached hydrogen (secondary N) is 2. The first-order valence-electron chi connectivity index (χ1n) is 6.69. The summed E-state index contributed by atoms with van der Waals surface area (Å²) in [5.74, 6) is -0.178. The highest BCUT2D eigenvalue weighted by atomic mass is 16.5. The van der Waals surface area contributed by atoms with Gasteiger partial charge in [0.1, 0.15) is 0 Å². The van der Waals surface area contributed by atoms with Gasteiger partial charge in [-0.25, -0.2) is 4.68 Å². The zero-order valence-corrected chi connectivity index (χ0v) is 11.4. The fourth-order valence-corrected chi connectivity index (χ4v) is 1.70. The van der Waals surface area contributed by atoms with E-state index in [1.165, 1.54) is 0 Å². The average molecular weight is 267 g/mol. The largest absolute Gasteiger partial charge is 0.379 e. The Hall–Kier alpha value is -1.47. The quantitative estimate of drug-likeness (QED) is 0.678. The minimum absolute atomic E-state index is 0.178. The van der Waals surface area contributed by atoms with Gasteiger partial charge in [0, 0.05) is 26.2 Å². The molecule has 0 saturated carbocycles. The van der Waals surface area contributed by atoms with Gasteiger partial charge in [-0.15, -0.1) is 5.10 Å². The van der Waals surface area contributed by atoms with Crippen molar-refractivity contribution in [3.05, 3.63) is 11.9 Å². The van der Waals surface area contributed by atoms with E-state index in [1.54, 1.807) is 10.9 Å². The van der Waals surface area contributed by atoms with E-state index in [0.717, 1.165) is 19.5 Å². The number of aromatic nitrogens is 3. The van der Waals surface area contributed by atoms with Crippen LogP contribution >= 0.6 is 0 Å². The maximum Gasteiger partial charge on any atom is 0.273 e. The van der Waals surface area contributed by atoms with Crippen molar-refractivity contribution in [2.75, 3.05) is 26.2 Å². The smallest absolute Gasteiger partial charge is 0.273 e. The second-order valence-electron chi connectivity index (χ2n) is 4.92. The highest BCUT2D eigenvalue weighted by molar-refractivity contribution is 5.91. The number of nitrogens with zero attached hydrogens (tertiary/aromatic N) is 3. The predicted octanol–water partition coefficient (Wildman–Crippen LogP) is -0.0327. The van der Waals surface area contributed by atoms with Gasteiger partial charge in [0.05, 0.1) is 18.3 Å². The molecule has 106 valence electrons. The van der Waals surface area contributed by atoms with Crippen molar-refractivity contribution >= 4 is 5.91 Å². The van der Waals surface area contributed by atoms with Crippen LogP contribution in [0.1, 0.15) is 36.8 Å². The van der Waals surface area contributed by atoms with Crippen LogP contribution in [-0.4, -0.2) is 53.2 Å². The lowest BCUT2D eigenvalue weighted by Crippen LogP contribution is -2.43. The number of amides is 1. The number of carbonyl (C=O) groups is 1. The van der Waals surface area contributed by atoms with Crippen LogP contribution in [0.4, 0.5) is 0 Å². The molecule has 0 aromatic carbocycles. The molecule has 0 atom stereocenters. The zero-order valence-electron chi connectivity index (χ0n) is 11.4. The minimum atomic E-state index is -0.178. The number of hydrogen-bond donors (Lipinski definition) is 2. The topological polar surface area (TPSA) is 81.1 Å². The molecule has 19 heavy (non-hydrogen) atoms. The average Bonchev–Trinajstić information content (AvgIpc) is 2.75. The van der Waals surface area contributed by atoms with Crippen LogP contribution in [0, 0.1) is 0 Å². The van der Waals surface area contributed by atoms with Crippen LogP contribution < -0.4 is 10.6 Å². The van der Waals surface area contributed by atoms with E-state index in [4.69, 9.17) is 4.74 Å². The second kappa shape index (κ2) is 6.63. The van der Waals surface area contributed by atoms with Gasteiger partial charge in [-0.2, -0.15) is 0 Å². The molecule has 1 aliphatic rings. The molecule has 0 aliphatic carbocycles. The SMILES string of the molecule is CC(C)OCCCNC(=O)c1cn(C2CNC2)nn1. The van der Waals surface area contributed by atoms with Crippen molar-refractivity contribution < 1.29 is 9.53 Å². The normalized spacial score (nSPS) is 15.5. The third kappa shape index (κ3) is 4.00. The van der Waals surface area contributed by atoms with Crippen LogP contribution in [0.15, 0.2) is 6.20 Å². The molecule has 0 bridgehead atoms. The lowest BCUT2D eigenvalue weighted by molar-refractivity contribution is 0.0756. The summed E-state index contributed by atoms with van der Waals surface area (Å²) in [5.41, 5.74) is 0.372. The maximum absolute atomic E-state index is 11.8. The zero-order chi connectivity index (χ0) is 13.7. The van der Waals surface area contributed by atoms with Crippen molar-refractivity contribution in [1.29, 1.82) is 0 Å². The van der Waals surface area contributed by atoms with E-state index in [9.17, 15) is 4.79 Å². The Morgan fingerprint density at radius 2 is 2.42 bits per heavy atom. The molecule has 7 nitrogen and oxygen atoms in total. The lowest BCUT2D eigenvalue weighted by Gasteiger charge is -2.26. The molecule has 1 aromatic heterocycles. The number of carbonyl (C=O) groups excluding carboxylic acids is 1. The summed E-state index contributed by atoms with van der Waals surface area (Å²) >= 11 is 0. The molecule has 1 aliphatic heterocycles. The van der Waals surface area contributed by atoms with Crippen molar-refractivity contribution in [3.8, 4) is 0 Å². The Labute approximate surface area is 112 Å². The summed E-state index contributed by atoms with van der Waals surface area (Å²) in [4.78, 5) is 11.8. The molecule has 2 heterocycles. The third-order valence-corrected chi connectivity index (χ3v) is 2.93. The van der Waals surface area contributed by atoms with Gasteiger partial charge >= 0.3 is 0 Å². The van der Waals surface area contributed by atoms with Crippen molar-refractivity contribution in [3.63, 3.8) is 0 Å². The minimum Gasteiger partial charge on any atom is -0.379 e. The predicted molar refractivity (Wildman–Crippen MR) is 70.0 cm³/mol. The molecule has 0 radical (unpaired) electrons. The molecule has 2 rings (SSSR count). The highest BCUT2D eigenvalue weighted by Crippen LogP contribution is 2.09. The summed E-state index contributed by atoms with van der Waals surface area (Å²) in [5, 5.41) is 13.8. The molecule has 1 fully saturated rings. The first-order valence-corrected chi connectivity index (χ1v) is 6.69. The molecule has 0 unspecified atom stereocenters. The summed E-state index contributed by atoms with van der Waals surface area (Å²) < 4.78 is 7.14. The van der Waals surface area contributed by atoms with Gasteiger partial charge in [-0.3, -0.25) is 4.79 Å². The second-order valence-corrected chi connectivity index (χ2v) is 4.92. The van der Waals surface area contributed by atoms with Crippen molar-refractivity contribution in [1.82, 2.24) is 25.6 Å². The van der Waals surface area contributed by atoms with E-state index >= 15 is 0 Å². The summed E-state index contributed by atoms with van der Waals surface area (Å²) in [6.07, 6.45) is 2.72. The van der Waals surface area contributed by atoms with E-state index in [0.29, 0.717) is 24.9 Å². The van der Waals surface area contributed by atoms with Crippen LogP contribution in [0.25, 0.3) is 0 Å². The molecule has 1 saturated heterocycles. The Morgan fingerprint density at radius 3 is 3.05 bits per heavy atom. The van der Waals surface area contributed by atoms with Gasteiger partial charge in [-0.05, 0) is 20.3 Å². The van der Waals surface area contributed by atoms with Gasteiger partial charge in [-0.1, -0.05) is 5.21 Å². The first kappa shape index (κ1) is 14.0. The van der Waals surface area contributed by atoms with Crippen LogP contribution in [0.2, 0.25) is 0 Å². The van der Waals surface area contributed by atoms with Gasteiger partial charge in [0.15, 0.2) is 5.69 Å². The Kier molecular flexibility index (Phi) is 4.86. The maximum atomic E-state index is 11.8. The lowest BCUT2D eigenvalue weighted by atomic mass is 10.2.